The van der Waals surface area contributed by atoms with E-state index in [1.807, 2.05) is 18.2 Å². The lowest BCUT2D eigenvalue weighted by atomic mass is 10.1. The summed E-state index contributed by atoms with van der Waals surface area (Å²) in [5.74, 6) is 1.41. The summed E-state index contributed by atoms with van der Waals surface area (Å²) in [4.78, 5) is 15.7. The third kappa shape index (κ3) is 3.38. The number of methoxy groups -OCH3 is 2. The highest BCUT2D eigenvalue weighted by molar-refractivity contribution is 7.99. The summed E-state index contributed by atoms with van der Waals surface area (Å²) in [5, 5.41) is 0.936. The zero-order valence-corrected chi connectivity index (χ0v) is 11.5. The standard InChI is InChI=1S/C13H17NO3S/c1-16-10-4-3-5-11(14-10)18-9-13(6-7-13)8-12(15)17-2/h3-5H,6-9H2,1-2H3. The molecular weight excluding hydrogens is 250 g/mol. The average molecular weight is 267 g/mol. The molecule has 4 nitrogen and oxygen atoms in total. The van der Waals surface area contributed by atoms with Crippen molar-refractivity contribution in [2.75, 3.05) is 20.0 Å². The molecule has 1 fully saturated rings. The molecule has 1 aliphatic rings. The Kier molecular flexibility index (Phi) is 4.11. The first kappa shape index (κ1) is 13.2. The molecule has 0 aromatic carbocycles. The molecule has 18 heavy (non-hydrogen) atoms. The maximum atomic E-state index is 11.3. The van der Waals surface area contributed by atoms with E-state index in [0.717, 1.165) is 23.6 Å². The maximum Gasteiger partial charge on any atom is 0.306 e. The molecule has 1 aromatic rings. The highest BCUT2D eigenvalue weighted by Gasteiger charge is 2.44. The van der Waals surface area contributed by atoms with Crippen molar-refractivity contribution in [2.45, 2.75) is 24.3 Å². The highest BCUT2D eigenvalue weighted by Crippen LogP contribution is 2.52. The number of thioether (sulfide) groups is 1. The van der Waals surface area contributed by atoms with Crippen LogP contribution in [0, 0.1) is 5.41 Å². The molecule has 0 aliphatic heterocycles. The van der Waals surface area contributed by atoms with Crippen LogP contribution in [0.2, 0.25) is 0 Å². The van der Waals surface area contributed by atoms with E-state index in [-0.39, 0.29) is 11.4 Å². The molecule has 0 atom stereocenters. The molecule has 98 valence electrons. The number of rotatable bonds is 6. The van der Waals surface area contributed by atoms with Gasteiger partial charge in [0.2, 0.25) is 5.88 Å². The molecular formula is C13H17NO3S. The van der Waals surface area contributed by atoms with Crippen LogP contribution >= 0.6 is 11.8 Å². The van der Waals surface area contributed by atoms with Crippen LogP contribution in [0.5, 0.6) is 5.88 Å². The molecule has 0 bridgehead atoms. The minimum Gasteiger partial charge on any atom is -0.481 e. The molecule has 5 heteroatoms. The van der Waals surface area contributed by atoms with Gasteiger partial charge in [0.1, 0.15) is 5.03 Å². The monoisotopic (exact) mass is 267 g/mol. The third-order valence-electron chi connectivity index (χ3n) is 3.14. The van der Waals surface area contributed by atoms with Crippen molar-refractivity contribution in [2.24, 2.45) is 5.41 Å². The van der Waals surface area contributed by atoms with Crippen LogP contribution in [0.1, 0.15) is 19.3 Å². The highest BCUT2D eigenvalue weighted by atomic mass is 32.2. The molecule has 0 saturated heterocycles. The van der Waals surface area contributed by atoms with Crippen LogP contribution in [0.25, 0.3) is 0 Å². The van der Waals surface area contributed by atoms with Crippen molar-refractivity contribution in [1.82, 2.24) is 4.98 Å². The normalized spacial score (nSPS) is 16.1. The Balaban J connectivity index is 1.89. The van der Waals surface area contributed by atoms with Gasteiger partial charge in [-0.05, 0) is 24.3 Å². The van der Waals surface area contributed by atoms with E-state index >= 15 is 0 Å². The molecule has 1 aromatic heterocycles. The van der Waals surface area contributed by atoms with Crippen LogP contribution in [-0.2, 0) is 9.53 Å². The van der Waals surface area contributed by atoms with Gasteiger partial charge in [-0.1, -0.05) is 6.07 Å². The number of ether oxygens (including phenoxy) is 2. The van der Waals surface area contributed by atoms with Gasteiger partial charge in [-0.2, -0.15) is 0 Å². The number of carbonyl (C=O) groups is 1. The minimum absolute atomic E-state index is 0.119. The van der Waals surface area contributed by atoms with Gasteiger partial charge >= 0.3 is 5.97 Å². The van der Waals surface area contributed by atoms with Gasteiger partial charge in [0, 0.05) is 11.8 Å². The zero-order valence-electron chi connectivity index (χ0n) is 10.6. The van der Waals surface area contributed by atoms with Gasteiger partial charge in [-0.25, -0.2) is 4.98 Å². The third-order valence-corrected chi connectivity index (χ3v) is 4.42. The topological polar surface area (TPSA) is 48.4 Å². The average Bonchev–Trinajstić information content (AvgIpc) is 3.17. The molecule has 0 unspecified atom stereocenters. The van der Waals surface area contributed by atoms with Gasteiger partial charge in [0.15, 0.2) is 0 Å². The fourth-order valence-electron chi connectivity index (χ4n) is 1.74. The summed E-state index contributed by atoms with van der Waals surface area (Å²) in [6, 6.07) is 5.71. The van der Waals surface area contributed by atoms with Crippen LogP contribution in [0.15, 0.2) is 23.2 Å². The number of pyridine rings is 1. The first-order valence-electron chi connectivity index (χ1n) is 5.88. The van der Waals surface area contributed by atoms with Crippen LogP contribution in [0.3, 0.4) is 0 Å². The van der Waals surface area contributed by atoms with Gasteiger partial charge in [-0.3, -0.25) is 4.79 Å². The number of hydrogen-bond donors (Lipinski definition) is 0. The lowest BCUT2D eigenvalue weighted by molar-refractivity contribution is -0.141. The van der Waals surface area contributed by atoms with E-state index in [4.69, 9.17) is 9.47 Å². The summed E-state index contributed by atoms with van der Waals surface area (Å²) in [6.07, 6.45) is 2.71. The molecule has 2 rings (SSSR count). The number of nitrogens with zero attached hydrogens (tertiary/aromatic N) is 1. The zero-order chi connectivity index (χ0) is 13.0. The molecule has 0 N–H and O–H groups in total. The van der Waals surface area contributed by atoms with Crippen molar-refractivity contribution < 1.29 is 14.3 Å². The second kappa shape index (κ2) is 5.61. The smallest absolute Gasteiger partial charge is 0.306 e. The second-order valence-corrected chi connectivity index (χ2v) is 5.56. The molecule has 1 aliphatic carbocycles. The van der Waals surface area contributed by atoms with Gasteiger partial charge in [-0.15, -0.1) is 11.8 Å². The minimum atomic E-state index is -0.119. The van der Waals surface area contributed by atoms with Crippen LogP contribution < -0.4 is 4.74 Å². The largest absolute Gasteiger partial charge is 0.481 e. The lowest BCUT2D eigenvalue weighted by Gasteiger charge is -2.12. The van der Waals surface area contributed by atoms with E-state index in [0.29, 0.717) is 12.3 Å². The summed E-state index contributed by atoms with van der Waals surface area (Å²) in [7, 11) is 3.05. The van der Waals surface area contributed by atoms with Gasteiger partial charge in [0.05, 0.1) is 20.6 Å². The van der Waals surface area contributed by atoms with Crippen molar-refractivity contribution in [3.63, 3.8) is 0 Å². The van der Waals surface area contributed by atoms with E-state index in [1.54, 1.807) is 18.9 Å². The van der Waals surface area contributed by atoms with Crippen molar-refractivity contribution in [3.8, 4) is 5.88 Å². The molecule has 0 amide bonds. The summed E-state index contributed by atoms with van der Waals surface area (Å²) in [5.41, 5.74) is 0.127. The fraction of sp³-hybridized carbons (Fsp3) is 0.538. The SMILES string of the molecule is COC(=O)CC1(CSc2cccc(OC)n2)CC1. The number of carbonyl (C=O) groups excluding carboxylic acids is 1. The van der Waals surface area contributed by atoms with Crippen molar-refractivity contribution in [3.05, 3.63) is 18.2 Å². The van der Waals surface area contributed by atoms with Crippen LogP contribution in [-0.4, -0.2) is 30.9 Å². The fourth-order valence-corrected chi connectivity index (χ4v) is 2.92. The molecule has 0 radical (unpaired) electrons. The predicted molar refractivity (Wildman–Crippen MR) is 69.8 cm³/mol. The Bertz CT molecular complexity index is 432. The second-order valence-electron chi connectivity index (χ2n) is 4.56. The number of hydrogen-bond acceptors (Lipinski definition) is 5. The Morgan fingerprint density at radius 2 is 2.22 bits per heavy atom. The quantitative estimate of drug-likeness (QED) is 0.585. The predicted octanol–water partition coefficient (Wildman–Crippen LogP) is 2.53. The Morgan fingerprint density at radius 3 is 2.83 bits per heavy atom. The first-order chi connectivity index (χ1) is 8.67. The van der Waals surface area contributed by atoms with E-state index in [9.17, 15) is 4.79 Å². The Labute approximate surface area is 111 Å². The molecule has 1 heterocycles. The van der Waals surface area contributed by atoms with E-state index < -0.39 is 0 Å². The molecule has 1 saturated carbocycles. The van der Waals surface area contributed by atoms with Gasteiger partial charge in [0.25, 0.3) is 0 Å². The van der Waals surface area contributed by atoms with Crippen molar-refractivity contribution >= 4 is 17.7 Å². The Hall–Kier alpha value is -1.23. The lowest BCUT2D eigenvalue weighted by Crippen LogP contribution is -2.13. The van der Waals surface area contributed by atoms with Crippen LogP contribution in [0.4, 0.5) is 0 Å². The first-order valence-corrected chi connectivity index (χ1v) is 6.87. The Morgan fingerprint density at radius 1 is 1.44 bits per heavy atom. The number of aromatic nitrogens is 1. The summed E-state index contributed by atoms with van der Waals surface area (Å²) >= 11 is 1.67. The summed E-state index contributed by atoms with van der Waals surface area (Å²) < 4.78 is 9.82. The van der Waals surface area contributed by atoms with Crippen molar-refractivity contribution in [1.29, 1.82) is 0 Å². The summed E-state index contributed by atoms with van der Waals surface area (Å²) in [6.45, 7) is 0. The van der Waals surface area contributed by atoms with E-state index in [2.05, 4.69) is 4.98 Å². The van der Waals surface area contributed by atoms with Gasteiger partial charge < -0.3 is 9.47 Å². The van der Waals surface area contributed by atoms with E-state index in [1.165, 1.54) is 7.11 Å². The maximum absolute atomic E-state index is 11.3. The molecule has 0 spiro atoms. The number of esters is 1.